The number of allylic oxidation sites excluding steroid dienone is 1. The zero-order valence-electron chi connectivity index (χ0n) is 19.3. The molecule has 25 heavy (non-hydrogen) atoms. The topological polar surface area (TPSA) is 0 Å². The van der Waals surface area contributed by atoms with Gasteiger partial charge in [0.05, 0.1) is 27.2 Å². The third kappa shape index (κ3) is 16.9. The van der Waals surface area contributed by atoms with Gasteiger partial charge in [-0.1, -0.05) is 80.2 Å². The summed E-state index contributed by atoms with van der Waals surface area (Å²) in [6.45, 7) is 19.0. The van der Waals surface area contributed by atoms with Gasteiger partial charge in [-0.15, -0.1) is 0 Å². The summed E-state index contributed by atoms with van der Waals surface area (Å²) in [6.07, 6.45) is 14.7. The first kappa shape index (κ1) is 24.7. The van der Waals surface area contributed by atoms with Crippen LogP contribution in [0.2, 0.25) is 0 Å². The zero-order chi connectivity index (χ0) is 19.6. The summed E-state index contributed by atoms with van der Waals surface area (Å²) >= 11 is 0. The van der Waals surface area contributed by atoms with Crippen LogP contribution in [0.25, 0.3) is 0 Å². The van der Waals surface area contributed by atoms with E-state index in [-0.39, 0.29) is 0 Å². The average molecular weight is 353 g/mol. The van der Waals surface area contributed by atoms with Gasteiger partial charge in [-0.05, 0) is 48.5 Å². The molecule has 0 aromatic rings. The lowest BCUT2D eigenvalue weighted by molar-refractivity contribution is -0.886. The number of quaternary nitrogens is 1. The first-order valence-corrected chi connectivity index (χ1v) is 10.8. The van der Waals surface area contributed by atoms with Crippen LogP contribution in [0.3, 0.4) is 0 Å². The van der Waals surface area contributed by atoms with Gasteiger partial charge in [-0.25, -0.2) is 0 Å². The third-order valence-corrected chi connectivity index (χ3v) is 4.83. The number of nitrogens with zero attached hydrogens (tertiary/aromatic N) is 1. The van der Waals surface area contributed by atoms with Crippen LogP contribution in [0.5, 0.6) is 0 Å². The van der Waals surface area contributed by atoms with E-state index in [0.717, 1.165) is 4.48 Å². The van der Waals surface area contributed by atoms with Gasteiger partial charge in [0.1, 0.15) is 0 Å². The Hall–Kier alpha value is -0.300. The molecule has 150 valence electrons. The molecular formula is C24H50N+. The SMILES string of the molecule is CCCCCCCC[N+](C)(C)C/C(=C\CCC(C)(C)C)CC(C)(C)C. The highest BCUT2D eigenvalue weighted by atomic mass is 15.3. The fraction of sp³-hybridized carbons (Fsp3) is 0.917. The zero-order valence-corrected chi connectivity index (χ0v) is 19.3. The number of rotatable bonds is 12. The Morgan fingerprint density at radius 2 is 1.36 bits per heavy atom. The minimum absolute atomic E-state index is 0.383. The summed E-state index contributed by atoms with van der Waals surface area (Å²) < 4.78 is 1.14. The third-order valence-electron chi connectivity index (χ3n) is 4.83. The standard InChI is InChI=1S/C24H50N/c1-10-11-12-13-14-15-19-25(8,9)21-22(20-24(5,6)7)17-16-18-23(2,3)4/h17H,10-16,18-21H2,1-9H3/q+1/b22-17-. The fourth-order valence-corrected chi connectivity index (χ4v) is 3.53. The Kier molecular flexibility index (Phi) is 11.3. The Balaban J connectivity index is 4.55. The van der Waals surface area contributed by atoms with Crippen molar-refractivity contribution < 1.29 is 4.48 Å². The quantitative estimate of drug-likeness (QED) is 0.192. The molecule has 0 atom stereocenters. The molecule has 1 heteroatoms. The Bertz CT molecular complexity index is 363. The maximum absolute atomic E-state index is 2.57. The molecule has 0 unspecified atom stereocenters. The van der Waals surface area contributed by atoms with Crippen molar-refractivity contribution in [3.63, 3.8) is 0 Å². The molecule has 0 bridgehead atoms. The van der Waals surface area contributed by atoms with Gasteiger partial charge in [0.2, 0.25) is 0 Å². The van der Waals surface area contributed by atoms with Crippen LogP contribution in [0.15, 0.2) is 11.6 Å². The molecule has 0 heterocycles. The molecule has 1 nitrogen and oxygen atoms in total. The Morgan fingerprint density at radius 3 is 1.88 bits per heavy atom. The fourth-order valence-electron chi connectivity index (χ4n) is 3.53. The van der Waals surface area contributed by atoms with E-state index in [2.05, 4.69) is 68.6 Å². The van der Waals surface area contributed by atoms with Gasteiger partial charge in [-0.2, -0.15) is 0 Å². The molecule has 0 amide bonds. The van der Waals surface area contributed by atoms with Gasteiger partial charge < -0.3 is 4.48 Å². The van der Waals surface area contributed by atoms with Crippen molar-refractivity contribution in [1.29, 1.82) is 0 Å². The highest BCUT2D eigenvalue weighted by Gasteiger charge is 2.21. The second kappa shape index (κ2) is 11.4. The lowest BCUT2D eigenvalue weighted by Crippen LogP contribution is -2.42. The molecule has 0 aliphatic heterocycles. The highest BCUT2D eigenvalue weighted by Crippen LogP contribution is 2.28. The summed E-state index contributed by atoms with van der Waals surface area (Å²) in [5.74, 6) is 0. The molecule has 0 fully saturated rings. The van der Waals surface area contributed by atoms with E-state index in [0.29, 0.717) is 10.8 Å². The largest absolute Gasteiger partial charge is 0.325 e. The monoisotopic (exact) mass is 352 g/mol. The van der Waals surface area contributed by atoms with Crippen LogP contribution < -0.4 is 0 Å². The second-order valence-electron chi connectivity index (χ2n) is 11.3. The van der Waals surface area contributed by atoms with Gasteiger partial charge in [0, 0.05) is 0 Å². The number of hydrogen-bond acceptors (Lipinski definition) is 0. The van der Waals surface area contributed by atoms with E-state index < -0.39 is 0 Å². The van der Waals surface area contributed by atoms with E-state index in [9.17, 15) is 0 Å². The number of hydrogen-bond donors (Lipinski definition) is 0. The van der Waals surface area contributed by atoms with Crippen molar-refractivity contribution in [2.45, 2.75) is 106 Å². The molecular weight excluding hydrogens is 302 g/mol. The molecule has 0 saturated heterocycles. The molecule has 0 rings (SSSR count). The second-order valence-corrected chi connectivity index (χ2v) is 11.3. The normalized spacial score (nSPS) is 14.2. The summed E-state index contributed by atoms with van der Waals surface area (Å²) in [5.41, 5.74) is 2.49. The molecule has 0 radical (unpaired) electrons. The first-order chi connectivity index (χ1) is 11.3. The number of likely N-dealkylation sites (N-methyl/N-ethyl adjacent to an activating group) is 1. The van der Waals surface area contributed by atoms with Crippen molar-refractivity contribution in [2.24, 2.45) is 10.8 Å². The van der Waals surface area contributed by atoms with Crippen LogP contribution in [-0.2, 0) is 0 Å². The van der Waals surface area contributed by atoms with Crippen molar-refractivity contribution in [3.05, 3.63) is 11.6 Å². The van der Waals surface area contributed by atoms with Crippen molar-refractivity contribution in [3.8, 4) is 0 Å². The lowest BCUT2D eigenvalue weighted by atomic mass is 9.85. The summed E-state index contributed by atoms with van der Waals surface area (Å²) in [7, 11) is 4.85. The maximum Gasteiger partial charge on any atom is 0.0999 e. The minimum Gasteiger partial charge on any atom is -0.325 e. The van der Waals surface area contributed by atoms with Gasteiger partial charge in [0.25, 0.3) is 0 Å². The minimum atomic E-state index is 0.383. The lowest BCUT2D eigenvalue weighted by Gasteiger charge is -2.33. The van der Waals surface area contributed by atoms with E-state index in [4.69, 9.17) is 0 Å². The Morgan fingerprint density at radius 1 is 0.800 bits per heavy atom. The van der Waals surface area contributed by atoms with Gasteiger partial charge >= 0.3 is 0 Å². The van der Waals surface area contributed by atoms with E-state index >= 15 is 0 Å². The molecule has 0 aliphatic rings. The highest BCUT2D eigenvalue weighted by molar-refractivity contribution is 5.05. The smallest absolute Gasteiger partial charge is 0.0999 e. The summed E-state index contributed by atoms with van der Waals surface area (Å²) in [5, 5.41) is 0. The van der Waals surface area contributed by atoms with Crippen LogP contribution in [-0.4, -0.2) is 31.7 Å². The first-order valence-electron chi connectivity index (χ1n) is 10.8. The van der Waals surface area contributed by atoms with E-state index in [1.165, 1.54) is 70.9 Å². The molecule has 0 N–H and O–H groups in total. The van der Waals surface area contributed by atoms with E-state index in [1.807, 2.05) is 0 Å². The maximum atomic E-state index is 2.57. The number of unbranched alkanes of at least 4 members (excludes halogenated alkanes) is 5. The van der Waals surface area contributed by atoms with Crippen LogP contribution >= 0.6 is 0 Å². The molecule has 0 aliphatic carbocycles. The predicted octanol–water partition coefficient (Wildman–Crippen LogP) is 7.61. The van der Waals surface area contributed by atoms with Crippen molar-refractivity contribution in [2.75, 3.05) is 27.2 Å². The molecule has 0 saturated carbocycles. The summed E-state index contributed by atoms with van der Waals surface area (Å²) in [4.78, 5) is 0. The summed E-state index contributed by atoms with van der Waals surface area (Å²) in [6, 6.07) is 0. The van der Waals surface area contributed by atoms with Crippen LogP contribution in [0.4, 0.5) is 0 Å². The predicted molar refractivity (Wildman–Crippen MR) is 116 cm³/mol. The van der Waals surface area contributed by atoms with Gasteiger partial charge in [0.15, 0.2) is 0 Å². The molecule has 0 aromatic carbocycles. The van der Waals surface area contributed by atoms with Crippen molar-refractivity contribution >= 4 is 0 Å². The van der Waals surface area contributed by atoms with Gasteiger partial charge in [-0.3, -0.25) is 0 Å². The van der Waals surface area contributed by atoms with Crippen LogP contribution in [0.1, 0.15) is 106 Å². The molecule has 0 spiro atoms. The Labute approximate surface area is 160 Å². The van der Waals surface area contributed by atoms with Crippen molar-refractivity contribution in [1.82, 2.24) is 0 Å². The average Bonchev–Trinajstić information content (AvgIpc) is 2.38. The molecule has 0 aromatic heterocycles. The van der Waals surface area contributed by atoms with E-state index in [1.54, 1.807) is 5.57 Å². The van der Waals surface area contributed by atoms with Crippen LogP contribution in [0, 0.1) is 10.8 Å².